The van der Waals surface area contributed by atoms with Crippen LogP contribution in [-0.2, 0) is 0 Å². The van der Waals surface area contributed by atoms with Crippen molar-refractivity contribution in [1.29, 1.82) is 0 Å². The Bertz CT molecular complexity index is 417. The second-order valence-corrected chi connectivity index (χ2v) is 5.38. The highest BCUT2D eigenvalue weighted by Gasteiger charge is 2.29. The molecule has 0 saturated carbocycles. The molecular weight excluding hydrogens is 243 g/mol. The molecule has 1 aliphatic heterocycles. The van der Waals surface area contributed by atoms with Crippen molar-refractivity contribution in [3.63, 3.8) is 0 Å². The van der Waals surface area contributed by atoms with E-state index in [-0.39, 0.29) is 11.9 Å². The third-order valence-electron chi connectivity index (χ3n) is 3.90. The number of nitrogens with one attached hydrogen (secondary N) is 1. The Balaban J connectivity index is 2.34. The molecule has 2 rings (SSSR count). The zero-order valence-corrected chi connectivity index (χ0v) is 11.9. The Kier molecular flexibility index (Phi) is 4.77. The first kappa shape index (κ1) is 14.3. The van der Waals surface area contributed by atoms with Gasteiger partial charge in [-0.15, -0.1) is 0 Å². The van der Waals surface area contributed by atoms with E-state index in [1.54, 1.807) is 19.2 Å². The van der Waals surface area contributed by atoms with Gasteiger partial charge in [0.1, 0.15) is 11.6 Å². The summed E-state index contributed by atoms with van der Waals surface area (Å²) in [4.78, 5) is 2.17. The number of benzene rings is 1. The van der Waals surface area contributed by atoms with Crippen LogP contribution in [0, 0.1) is 11.7 Å². The largest absolute Gasteiger partial charge is 0.496 e. The average Bonchev–Trinajstić information content (AvgIpc) is 2.40. The number of piperidine rings is 1. The SMILES string of the molecule is COc1ccc(F)cc1C(C1CCNCC1)N(C)C. The summed E-state index contributed by atoms with van der Waals surface area (Å²) >= 11 is 0. The van der Waals surface area contributed by atoms with E-state index < -0.39 is 0 Å². The fraction of sp³-hybridized carbons (Fsp3) is 0.600. The second-order valence-electron chi connectivity index (χ2n) is 5.38. The number of nitrogens with zero attached hydrogens (tertiary/aromatic N) is 1. The fourth-order valence-electron chi connectivity index (χ4n) is 3.05. The van der Waals surface area contributed by atoms with Crippen LogP contribution in [0.4, 0.5) is 4.39 Å². The van der Waals surface area contributed by atoms with Crippen LogP contribution in [0.1, 0.15) is 24.4 Å². The van der Waals surface area contributed by atoms with Crippen LogP contribution in [0.25, 0.3) is 0 Å². The summed E-state index contributed by atoms with van der Waals surface area (Å²) < 4.78 is 19.0. The lowest BCUT2D eigenvalue weighted by Gasteiger charge is -2.36. The summed E-state index contributed by atoms with van der Waals surface area (Å²) in [5.41, 5.74) is 0.958. The minimum Gasteiger partial charge on any atom is -0.496 e. The van der Waals surface area contributed by atoms with Crippen LogP contribution in [0.5, 0.6) is 5.75 Å². The average molecular weight is 266 g/mol. The Morgan fingerprint density at radius 2 is 2.00 bits per heavy atom. The van der Waals surface area contributed by atoms with Gasteiger partial charge in [-0.05, 0) is 64.1 Å². The number of hydrogen-bond acceptors (Lipinski definition) is 3. The van der Waals surface area contributed by atoms with Crippen molar-refractivity contribution < 1.29 is 9.13 Å². The molecule has 1 atom stereocenters. The van der Waals surface area contributed by atoms with Gasteiger partial charge in [-0.25, -0.2) is 4.39 Å². The summed E-state index contributed by atoms with van der Waals surface area (Å²) in [6.45, 7) is 2.07. The molecule has 1 fully saturated rings. The lowest BCUT2D eigenvalue weighted by Crippen LogP contribution is -2.36. The first-order valence-electron chi connectivity index (χ1n) is 6.84. The summed E-state index contributed by atoms with van der Waals surface area (Å²) in [7, 11) is 5.75. The van der Waals surface area contributed by atoms with Gasteiger partial charge in [-0.3, -0.25) is 0 Å². The highest BCUT2D eigenvalue weighted by molar-refractivity contribution is 5.37. The first-order chi connectivity index (χ1) is 9.13. The quantitative estimate of drug-likeness (QED) is 0.906. The van der Waals surface area contributed by atoms with Gasteiger partial charge in [0.25, 0.3) is 0 Å². The Morgan fingerprint density at radius 1 is 1.32 bits per heavy atom. The van der Waals surface area contributed by atoms with E-state index in [0.29, 0.717) is 5.92 Å². The van der Waals surface area contributed by atoms with Crippen LogP contribution in [0.3, 0.4) is 0 Å². The smallest absolute Gasteiger partial charge is 0.123 e. The number of ether oxygens (including phenoxy) is 1. The maximum Gasteiger partial charge on any atom is 0.123 e. The van der Waals surface area contributed by atoms with Crippen molar-refractivity contribution in [1.82, 2.24) is 10.2 Å². The molecule has 1 heterocycles. The van der Waals surface area contributed by atoms with Gasteiger partial charge in [0.2, 0.25) is 0 Å². The van der Waals surface area contributed by atoms with E-state index in [1.165, 1.54) is 6.07 Å². The molecule has 1 unspecified atom stereocenters. The van der Waals surface area contributed by atoms with E-state index in [9.17, 15) is 4.39 Å². The van der Waals surface area contributed by atoms with Gasteiger partial charge in [0.15, 0.2) is 0 Å². The van der Waals surface area contributed by atoms with Gasteiger partial charge in [-0.1, -0.05) is 0 Å². The minimum atomic E-state index is -0.198. The predicted octanol–water partition coefficient (Wildman–Crippen LogP) is 2.44. The lowest BCUT2D eigenvalue weighted by molar-refractivity contribution is 0.173. The normalized spacial score (nSPS) is 18.6. The molecule has 1 N–H and O–H groups in total. The van der Waals surface area contributed by atoms with Crippen LogP contribution < -0.4 is 10.1 Å². The van der Waals surface area contributed by atoms with Crippen LogP contribution >= 0.6 is 0 Å². The van der Waals surface area contributed by atoms with E-state index in [0.717, 1.165) is 37.2 Å². The highest BCUT2D eigenvalue weighted by Crippen LogP contribution is 2.37. The Morgan fingerprint density at radius 3 is 2.58 bits per heavy atom. The molecule has 0 amide bonds. The van der Waals surface area contributed by atoms with Crippen molar-refractivity contribution in [3.8, 4) is 5.75 Å². The van der Waals surface area contributed by atoms with E-state index in [1.807, 2.05) is 0 Å². The molecule has 1 aliphatic rings. The van der Waals surface area contributed by atoms with Crippen LogP contribution in [-0.4, -0.2) is 39.2 Å². The molecule has 19 heavy (non-hydrogen) atoms. The maximum atomic E-state index is 13.6. The Labute approximate surface area is 114 Å². The zero-order chi connectivity index (χ0) is 13.8. The molecule has 3 nitrogen and oxygen atoms in total. The molecule has 0 aliphatic carbocycles. The van der Waals surface area contributed by atoms with Crippen molar-refractivity contribution >= 4 is 0 Å². The summed E-state index contributed by atoms with van der Waals surface area (Å²) in [6, 6.07) is 5.00. The molecule has 1 aromatic carbocycles. The van der Waals surface area contributed by atoms with Crippen LogP contribution in [0.15, 0.2) is 18.2 Å². The molecule has 1 aromatic rings. The minimum absolute atomic E-state index is 0.198. The van der Waals surface area contributed by atoms with Crippen molar-refractivity contribution in [2.45, 2.75) is 18.9 Å². The molecule has 0 aromatic heterocycles. The number of hydrogen-bond donors (Lipinski definition) is 1. The lowest BCUT2D eigenvalue weighted by atomic mass is 9.85. The van der Waals surface area contributed by atoms with E-state index in [4.69, 9.17) is 4.74 Å². The standard InChI is InChI=1S/C15H23FN2O/c1-18(2)15(11-6-8-17-9-7-11)13-10-12(16)4-5-14(13)19-3/h4-5,10-11,15,17H,6-9H2,1-3H3. The second kappa shape index (κ2) is 6.35. The zero-order valence-electron chi connectivity index (χ0n) is 11.9. The topological polar surface area (TPSA) is 24.5 Å². The molecule has 0 bridgehead atoms. The monoisotopic (exact) mass is 266 g/mol. The van der Waals surface area contributed by atoms with Gasteiger partial charge in [-0.2, -0.15) is 0 Å². The highest BCUT2D eigenvalue weighted by atomic mass is 19.1. The fourth-order valence-corrected chi connectivity index (χ4v) is 3.05. The Hall–Kier alpha value is -1.13. The molecule has 0 spiro atoms. The van der Waals surface area contributed by atoms with Gasteiger partial charge in [0, 0.05) is 11.6 Å². The molecule has 1 saturated heterocycles. The van der Waals surface area contributed by atoms with E-state index in [2.05, 4.69) is 24.3 Å². The number of rotatable bonds is 4. The summed E-state index contributed by atoms with van der Waals surface area (Å²) in [5, 5.41) is 3.38. The van der Waals surface area contributed by atoms with Gasteiger partial charge >= 0.3 is 0 Å². The third-order valence-corrected chi connectivity index (χ3v) is 3.90. The summed E-state index contributed by atoms with van der Waals surface area (Å²) in [6.07, 6.45) is 2.23. The van der Waals surface area contributed by atoms with E-state index >= 15 is 0 Å². The molecule has 106 valence electrons. The molecule has 0 radical (unpaired) electrons. The number of methoxy groups -OCH3 is 1. The maximum absolute atomic E-state index is 13.6. The number of halogens is 1. The predicted molar refractivity (Wildman–Crippen MR) is 75.0 cm³/mol. The van der Waals surface area contributed by atoms with Gasteiger partial charge in [0.05, 0.1) is 7.11 Å². The third kappa shape index (κ3) is 3.25. The van der Waals surface area contributed by atoms with Gasteiger partial charge < -0.3 is 15.0 Å². The first-order valence-corrected chi connectivity index (χ1v) is 6.84. The van der Waals surface area contributed by atoms with Crippen molar-refractivity contribution in [2.24, 2.45) is 5.92 Å². The van der Waals surface area contributed by atoms with Crippen molar-refractivity contribution in [2.75, 3.05) is 34.3 Å². The van der Waals surface area contributed by atoms with Crippen molar-refractivity contribution in [3.05, 3.63) is 29.6 Å². The van der Waals surface area contributed by atoms with Crippen LogP contribution in [0.2, 0.25) is 0 Å². The summed E-state index contributed by atoms with van der Waals surface area (Å²) in [5.74, 6) is 1.11. The molecule has 4 heteroatoms. The molecular formula is C15H23FN2O.